The van der Waals surface area contributed by atoms with Gasteiger partial charge in [-0.25, -0.2) is 0 Å². The van der Waals surface area contributed by atoms with Gasteiger partial charge in [-0.1, -0.05) is 0 Å². The number of hydrogen-bond donors (Lipinski definition) is 0. The zero-order valence-electron chi connectivity index (χ0n) is 18.4. The van der Waals surface area contributed by atoms with Gasteiger partial charge in [0.1, 0.15) is 0 Å². The third kappa shape index (κ3) is 3.54. The topological polar surface area (TPSA) is 46.1 Å². The summed E-state index contributed by atoms with van der Waals surface area (Å²) in [5.74, 6) is 0. The molecule has 0 heterocycles. The Morgan fingerprint density at radius 2 is 0.688 bits per heavy atom. The summed E-state index contributed by atoms with van der Waals surface area (Å²) in [5.41, 5.74) is 11.6. The SMILES string of the molecule is C[O-].C[O-].[CH2]=[Ti+2]([CH]1c2ccccc2-c2ccccc21)[CH]1c2ccccc2-c2ccccc21. The molecule has 0 unspecified atom stereocenters. The van der Waals surface area contributed by atoms with E-state index in [4.69, 9.17) is 15.0 Å². The van der Waals surface area contributed by atoms with Crippen LogP contribution in [-0.2, 0) is 17.4 Å². The van der Waals surface area contributed by atoms with Gasteiger partial charge in [-0.05, 0) is 0 Å². The Hall–Kier alpha value is -2.62. The Morgan fingerprint density at radius 1 is 0.469 bits per heavy atom. The van der Waals surface area contributed by atoms with E-state index in [1.807, 2.05) is 0 Å². The van der Waals surface area contributed by atoms with Crippen LogP contribution in [0.3, 0.4) is 0 Å². The van der Waals surface area contributed by atoms with Crippen molar-refractivity contribution in [1.29, 1.82) is 0 Å². The standard InChI is InChI=1S/2C13H9.2CH3O.CH2.Ti/c2*1-3-7-12-10(5-1)9-11-6-2-4-8-13(11)12;2*1-2;;/h2*1-9H;2*1H3;1H2;/q;;2*-1;;+2. The van der Waals surface area contributed by atoms with E-state index in [1.165, 1.54) is 44.5 Å². The van der Waals surface area contributed by atoms with Gasteiger partial charge in [0.15, 0.2) is 0 Å². The molecule has 0 fully saturated rings. The normalized spacial score (nSPS) is 12.6. The molecular formula is C29H26O2Ti. The average molecular weight is 454 g/mol. The van der Waals surface area contributed by atoms with Crippen LogP contribution in [0.4, 0.5) is 0 Å². The molecule has 0 aliphatic heterocycles. The second-order valence-corrected chi connectivity index (χ2v) is 11.4. The predicted molar refractivity (Wildman–Crippen MR) is 126 cm³/mol. The molecule has 4 aromatic rings. The molecule has 0 aromatic heterocycles. The molecule has 6 rings (SSSR count). The van der Waals surface area contributed by atoms with Gasteiger partial charge in [0, 0.05) is 0 Å². The van der Waals surface area contributed by atoms with Crippen molar-refractivity contribution in [1.82, 2.24) is 0 Å². The van der Waals surface area contributed by atoms with Gasteiger partial charge in [-0.15, -0.1) is 0 Å². The van der Waals surface area contributed by atoms with Crippen molar-refractivity contribution in [3.8, 4) is 22.3 Å². The fraction of sp³-hybridized carbons (Fsp3) is 0.138. The van der Waals surface area contributed by atoms with Crippen molar-refractivity contribution in [3.05, 3.63) is 119 Å². The molecule has 158 valence electrons. The van der Waals surface area contributed by atoms with Crippen LogP contribution in [0.1, 0.15) is 30.7 Å². The number of benzene rings is 4. The van der Waals surface area contributed by atoms with Gasteiger partial charge >= 0.3 is 172 Å². The third-order valence-corrected chi connectivity index (χ3v) is 10.7. The summed E-state index contributed by atoms with van der Waals surface area (Å²) in [6.45, 7) is 0. The maximum atomic E-state index is 8.25. The molecule has 32 heavy (non-hydrogen) atoms. The molecule has 0 amide bonds. The van der Waals surface area contributed by atoms with E-state index in [9.17, 15) is 0 Å². The van der Waals surface area contributed by atoms with Crippen molar-refractivity contribution in [2.24, 2.45) is 0 Å². The van der Waals surface area contributed by atoms with Crippen LogP contribution in [0.15, 0.2) is 97.1 Å². The van der Waals surface area contributed by atoms with Crippen LogP contribution in [0.25, 0.3) is 22.3 Å². The van der Waals surface area contributed by atoms with Gasteiger partial charge < -0.3 is 10.2 Å². The van der Waals surface area contributed by atoms with Crippen LogP contribution in [0.5, 0.6) is 0 Å². The first-order valence-electron chi connectivity index (χ1n) is 10.7. The second-order valence-electron chi connectivity index (χ2n) is 7.79. The molecule has 2 nitrogen and oxygen atoms in total. The van der Waals surface area contributed by atoms with Gasteiger partial charge in [0.25, 0.3) is 0 Å². The Balaban J connectivity index is 0.000000582. The molecule has 4 aromatic carbocycles. The number of rotatable bonds is 2. The van der Waals surface area contributed by atoms with E-state index in [1.54, 1.807) is 0 Å². The minimum absolute atomic E-state index is 0.483. The van der Waals surface area contributed by atoms with Crippen LogP contribution in [-0.4, -0.2) is 19.0 Å². The van der Waals surface area contributed by atoms with Crippen LogP contribution in [0, 0.1) is 0 Å². The predicted octanol–water partition coefficient (Wildman–Crippen LogP) is 4.53. The van der Waals surface area contributed by atoms with Crippen molar-refractivity contribution in [3.63, 3.8) is 0 Å². The molecule has 2 aliphatic carbocycles. The molecule has 3 heteroatoms. The molecule has 0 spiro atoms. The molecule has 0 saturated heterocycles. The molecular weight excluding hydrogens is 428 g/mol. The van der Waals surface area contributed by atoms with Crippen molar-refractivity contribution < 1.29 is 27.6 Å². The van der Waals surface area contributed by atoms with Crippen LogP contribution < -0.4 is 10.2 Å². The van der Waals surface area contributed by atoms with Gasteiger partial charge in [-0.2, -0.15) is 14.2 Å². The molecule has 0 atom stereocenters. The molecule has 2 aliphatic rings. The molecule has 0 N–H and O–H groups in total. The number of hydrogen-bond acceptors (Lipinski definition) is 2. The zero-order chi connectivity index (χ0) is 22.7. The van der Waals surface area contributed by atoms with Crippen molar-refractivity contribution in [2.75, 3.05) is 14.2 Å². The summed E-state index contributed by atoms with van der Waals surface area (Å²) < 4.78 is 0.966. The van der Waals surface area contributed by atoms with E-state index < -0.39 is 17.4 Å². The van der Waals surface area contributed by atoms with Gasteiger partial charge in [0.2, 0.25) is 0 Å². The first kappa shape index (κ1) is 22.6. The van der Waals surface area contributed by atoms with Gasteiger partial charge in [-0.3, -0.25) is 0 Å². The fourth-order valence-corrected chi connectivity index (χ4v) is 9.86. The van der Waals surface area contributed by atoms with E-state index in [0.717, 1.165) is 14.2 Å². The number of fused-ring (bicyclic) bond motifs is 6. The van der Waals surface area contributed by atoms with Crippen molar-refractivity contribution >= 4 is 4.82 Å². The summed E-state index contributed by atoms with van der Waals surface area (Å²) in [4.78, 5) is 4.96. The van der Waals surface area contributed by atoms with Crippen LogP contribution in [0.2, 0.25) is 0 Å². The van der Waals surface area contributed by atoms with Crippen LogP contribution >= 0.6 is 0 Å². The summed E-state index contributed by atoms with van der Waals surface area (Å²) in [6.07, 6.45) is 0. The monoisotopic (exact) mass is 454 g/mol. The summed E-state index contributed by atoms with van der Waals surface area (Å²) in [7, 11) is 1.50. The van der Waals surface area contributed by atoms with E-state index in [2.05, 4.69) is 97.1 Å². The second kappa shape index (κ2) is 9.89. The Kier molecular flexibility index (Phi) is 6.98. The van der Waals surface area contributed by atoms with E-state index in [0.29, 0.717) is 8.45 Å². The first-order chi connectivity index (χ1) is 15.8. The summed E-state index contributed by atoms with van der Waals surface area (Å²) in [5, 5.41) is 16.5. The first-order valence-corrected chi connectivity index (χ1v) is 13.6. The van der Waals surface area contributed by atoms with Crippen molar-refractivity contribution in [2.45, 2.75) is 8.45 Å². The third-order valence-electron chi connectivity index (χ3n) is 6.41. The van der Waals surface area contributed by atoms with E-state index in [-0.39, 0.29) is 0 Å². The molecule has 0 saturated carbocycles. The maximum absolute atomic E-state index is 8.25. The summed E-state index contributed by atoms with van der Waals surface area (Å²) >= 11 is -1.85. The quantitative estimate of drug-likeness (QED) is 0.418. The Labute approximate surface area is 196 Å². The fourth-order valence-electron chi connectivity index (χ4n) is 5.28. The summed E-state index contributed by atoms with van der Waals surface area (Å²) in [6, 6.07) is 36.0. The molecule has 0 bridgehead atoms. The Bertz CT molecular complexity index is 1070. The molecule has 0 radical (unpaired) electrons. The average Bonchev–Trinajstić information content (AvgIpc) is 3.39. The van der Waals surface area contributed by atoms with Gasteiger partial charge in [0.05, 0.1) is 0 Å². The zero-order valence-corrected chi connectivity index (χ0v) is 20.0. The minimum atomic E-state index is -1.85. The van der Waals surface area contributed by atoms with E-state index >= 15 is 0 Å². The Morgan fingerprint density at radius 3 is 0.938 bits per heavy atom.